The van der Waals surface area contributed by atoms with Crippen LogP contribution in [-0.4, -0.2) is 26.4 Å². The zero-order valence-electron chi connectivity index (χ0n) is 13.2. The van der Waals surface area contributed by atoms with Crippen molar-refractivity contribution in [2.75, 3.05) is 0 Å². The Kier molecular flexibility index (Phi) is 4.83. The predicted octanol–water partition coefficient (Wildman–Crippen LogP) is 0.322. The van der Waals surface area contributed by atoms with Crippen LogP contribution in [0.15, 0.2) is 39.0 Å². The molecule has 24 heavy (non-hydrogen) atoms. The van der Waals surface area contributed by atoms with E-state index in [1.165, 1.54) is 0 Å². The van der Waals surface area contributed by atoms with Crippen molar-refractivity contribution in [1.29, 1.82) is 0 Å². The number of hydrazone groups is 1. The fraction of sp³-hybridized carbons (Fsp3) is 0.200. The van der Waals surface area contributed by atoms with Gasteiger partial charge in [0.15, 0.2) is 0 Å². The molecule has 0 aliphatic rings. The van der Waals surface area contributed by atoms with Crippen molar-refractivity contribution < 1.29 is 9.90 Å². The predicted molar refractivity (Wildman–Crippen MR) is 88.6 cm³/mol. The maximum atomic E-state index is 12.2. The van der Waals surface area contributed by atoms with Gasteiger partial charge in [0.05, 0.1) is 11.4 Å². The van der Waals surface area contributed by atoms with Crippen molar-refractivity contribution in [1.82, 2.24) is 15.0 Å². The molecule has 0 spiro atoms. The number of amides is 2. The first-order chi connectivity index (χ1) is 11.4. The fourth-order valence-electron chi connectivity index (χ4n) is 2.26. The number of nitrogens with zero attached hydrogens (tertiary/aromatic N) is 2. The first-order valence-electron chi connectivity index (χ1n) is 7.13. The second kappa shape index (κ2) is 6.82. The van der Waals surface area contributed by atoms with E-state index >= 15 is 0 Å². The molecule has 0 saturated heterocycles. The zero-order valence-corrected chi connectivity index (χ0v) is 13.2. The highest BCUT2D eigenvalue weighted by Gasteiger charge is 2.20. The van der Waals surface area contributed by atoms with Gasteiger partial charge in [0.25, 0.3) is 5.56 Å². The van der Waals surface area contributed by atoms with E-state index in [1.807, 2.05) is 5.43 Å². The minimum Gasteiger partial charge on any atom is -0.493 e. The largest absolute Gasteiger partial charge is 0.493 e. The Morgan fingerprint density at radius 2 is 2.04 bits per heavy atom. The molecule has 0 radical (unpaired) electrons. The average molecular weight is 331 g/mol. The van der Waals surface area contributed by atoms with Crippen LogP contribution in [0.4, 0.5) is 4.79 Å². The number of hydrogen-bond donors (Lipinski definition) is 4. The average Bonchev–Trinajstić information content (AvgIpc) is 2.51. The Hall–Kier alpha value is -3.36. The number of urea groups is 1. The Labute approximate surface area is 136 Å². The number of benzene rings is 1. The highest BCUT2D eigenvalue weighted by Crippen LogP contribution is 2.20. The van der Waals surface area contributed by atoms with Gasteiger partial charge in [-0.2, -0.15) is 5.10 Å². The van der Waals surface area contributed by atoms with Crippen LogP contribution in [0.25, 0.3) is 5.69 Å². The molecule has 5 N–H and O–H groups in total. The number of nitrogens with two attached hydrogens (primary N) is 1. The number of hydrogen-bond acceptors (Lipinski definition) is 5. The fourth-order valence-corrected chi connectivity index (χ4v) is 2.26. The molecule has 2 rings (SSSR count). The lowest BCUT2D eigenvalue weighted by Crippen LogP contribution is -2.34. The van der Waals surface area contributed by atoms with Gasteiger partial charge in [0.2, 0.25) is 5.88 Å². The summed E-state index contributed by atoms with van der Waals surface area (Å²) in [7, 11) is 0. The summed E-state index contributed by atoms with van der Waals surface area (Å²) >= 11 is 0. The lowest BCUT2D eigenvalue weighted by atomic mass is 10.1. The zero-order chi connectivity index (χ0) is 17.9. The van der Waals surface area contributed by atoms with Crippen molar-refractivity contribution in [3.63, 3.8) is 0 Å². The smallest absolute Gasteiger partial charge is 0.335 e. The summed E-state index contributed by atoms with van der Waals surface area (Å²) < 4.78 is 0.974. The number of aryl methyl sites for hydroxylation is 1. The number of nitrogens with one attached hydrogen (secondary N) is 2. The van der Waals surface area contributed by atoms with E-state index in [0.717, 1.165) is 10.1 Å². The maximum absolute atomic E-state index is 12.2. The normalized spacial score (nSPS) is 11.3. The van der Waals surface area contributed by atoms with Gasteiger partial charge in [-0.25, -0.2) is 19.6 Å². The monoisotopic (exact) mass is 331 g/mol. The molecule has 2 amide bonds. The maximum Gasteiger partial charge on any atom is 0.335 e. The van der Waals surface area contributed by atoms with Crippen molar-refractivity contribution in [3.05, 3.63) is 56.2 Å². The molecule has 9 nitrogen and oxygen atoms in total. The number of rotatable bonds is 4. The van der Waals surface area contributed by atoms with E-state index in [1.54, 1.807) is 38.1 Å². The number of primary amides is 1. The Bertz CT molecular complexity index is 926. The van der Waals surface area contributed by atoms with Crippen molar-refractivity contribution in [3.8, 4) is 11.6 Å². The quantitative estimate of drug-likeness (QED) is 0.472. The second-order valence-electron chi connectivity index (χ2n) is 4.97. The molecule has 126 valence electrons. The van der Waals surface area contributed by atoms with Crippen LogP contribution < -0.4 is 22.4 Å². The van der Waals surface area contributed by atoms with Gasteiger partial charge in [-0.15, -0.1) is 0 Å². The molecule has 0 bridgehead atoms. The topological polar surface area (TPSA) is 143 Å². The number of aromatic amines is 1. The Morgan fingerprint density at radius 1 is 1.38 bits per heavy atom. The minimum absolute atomic E-state index is 0.0786. The van der Waals surface area contributed by atoms with Crippen LogP contribution >= 0.6 is 0 Å². The molecule has 0 fully saturated rings. The molecule has 1 heterocycles. The van der Waals surface area contributed by atoms with E-state index < -0.39 is 23.2 Å². The number of carbonyl (C=O) groups excluding carboxylic acids is 1. The van der Waals surface area contributed by atoms with Crippen LogP contribution in [0.3, 0.4) is 0 Å². The van der Waals surface area contributed by atoms with E-state index in [9.17, 15) is 19.5 Å². The molecular weight excluding hydrogens is 314 g/mol. The molecule has 2 aromatic rings. The van der Waals surface area contributed by atoms with Gasteiger partial charge in [0.1, 0.15) is 5.56 Å². The van der Waals surface area contributed by atoms with Gasteiger partial charge in [0, 0.05) is 0 Å². The minimum atomic E-state index is -0.913. The van der Waals surface area contributed by atoms with Crippen LogP contribution in [0.5, 0.6) is 5.88 Å². The molecule has 9 heteroatoms. The summed E-state index contributed by atoms with van der Waals surface area (Å²) in [5, 5.41) is 14.2. The first-order valence-corrected chi connectivity index (χ1v) is 7.13. The van der Waals surface area contributed by atoms with Crippen molar-refractivity contribution in [2.24, 2.45) is 10.8 Å². The van der Waals surface area contributed by atoms with E-state index in [2.05, 4.69) is 10.1 Å². The third kappa shape index (κ3) is 3.19. The number of aromatic hydroxyl groups is 1. The second-order valence-corrected chi connectivity index (χ2v) is 4.97. The van der Waals surface area contributed by atoms with E-state index in [-0.39, 0.29) is 17.7 Å². The number of carbonyl (C=O) groups is 1. The lowest BCUT2D eigenvalue weighted by Gasteiger charge is -2.13. The molecule has 1 aromatic heterocycles. The molecular formula is C15H17N5O4. The van der Waals surface area contributed by atoms with E-state index in [4.69, 9.17) is 5.73 Å². The van der Waals surface area contributed by atoms with Crippen LogP contribution in [0.1, 0.15) is 24.5 Å². The first kappa shape index (κ1) is 17.0. The lowest BCUT2D eigenvalue weighted by molar-refractivity contribution is 0.249. The number of H-pyrrole nitrogens is 1. The molecule has 0 unspecified atom stereocenters. The van der Waals surface area contributed by atoms with Crippen molar-refractivity contribution in [2.45, 2.75) is 20.3 Å². The van der Waals surface area contributed by atoms with Crippen LogP contribution in [-0.2, 0) is 0 Å². The van der Waals surface area contributed by atoms with Gasteiger partial charge in [-0.1, -0.05) is 25.1 Å². The highest BCUT2D eigenvalue weighted by atomic mass is 16.3. The Balaban J connectivity index is 2.76. The van der Waals surface area contributed by atoms with Gasteiger partial charge in [-0.05, 0) is 25.0 Å². The van der Waals surface area contributed by atoms with E-state index in [0.29, 0.717) is 5.69 Å². The summed E-state index contributed by atoms with van der Waals surface area (Å²) in [6, 6.07) is 5.95. The summed E-state index contributed by atoms with van der Waals surface area (Å²) in [6.07, 6.45) is 0.211. The van der Waals surface area contributed by atoms with Crippen molar-refractivity contribution >= 4 is 11.7 Å². The molecule has 0 atom stereocenters. The number of aromatic nitrogens is 2. The van der Waals surface area contributed by atoms with Crippen LogP contribution in [0, 0.1) is 6.92 Å². The molecule has 0 aliphatic heterocycles. The summed E-state index contributed by atoms with van der Waals surface area (Å²) in [5.41, 5.74) is 6.37. The van der Waals surface area contributed by atoms with Gasteiger partial charge in [-0.3, -0.25) is 9.78 Å². The third-order valence-electron chi connectivity index (χ3n) is 3.37. The highest BCUT2D eigenvalue weighted by molar-refractivity contribution is 6.02. The van der Waals surface area contributed by atoms with Crippen LogP contribution in [0.2, 0.25) is 0 Å². The Morgan fingerprint density at radius 3 is 2.62 bits per heavy atom. The number of para-hydroxylation sites is 1. The van der Waals surface area contributed by atoms with Gasteiger partial charge < -0.3 is 10.8 Å². The summed E-state index contributed by atoms with van der Waals surface area (Å²) in [6.45, 7) is 3.43. The SMILES string of the molecule is CCC(=NNC(N)=O)c1c(O)n(-c2ccccc2C)c(=O)[nH]c1=O. The summed E-state index contributed by atoms with van der Waals surface area (Å²) in [4.78, 5) is 37.2. The standard InChI is InChI=1S/C15H17N5O4/c1-3-9(18-19-14(16)23)11-12(21)17-15(24)20(13(11)22)10-7-5-4-6-8(10)2/h4-7,22H,3H2,1-2H3,(H3,16,19,23)(H,17,21,24). The third-order valence-corrected chi connectivity index (χ3v) is 3.37. The molecule has 1 aromatic carbocycles. The van der Waals surface area contributed by atoms with Gasteiger partial charge >= 0.3 is 11.7 Å². The molecule has 0 aliphatic carbocycles. The molecule has 0 saturated carbocycles. The summed E-state index contributed by atoms with van der Waals surface area (Å²) in [5.74, 6) is -0.565.